The van der Waals surface area contributed by atoms with Crippen molar-refractivity contribution in [2.24, 2.45) is 0 Å². The lowest BCUT2D eigenvalue weighted by Crippen LogP contribution is -2.13. The Morgan fingerprint density at radius 1 is 1.19 bits per heavy atom. The molecule has 0 saturated carbocycles. The molecule has 0 aliphatic heterocycles. The number of nitrogens with two attached hydrogens (primary N) is 1. The maximum atomic E-state index is 12.8. The van der Waals surface area contributed by atoms with Crippen LogP contribution in [-0.4, -0.2) is 38.3 Å². The van der Waals surface area contributed by atoms with E-state index in [1.54, 1.807) is 35.6 Å². The third kappa shape index (κ3) is 3.73. The fourth-order valence-electron chi connectivity index (χ4n) is 3.36. The number of esters is 1. The number of rotatable bonds is 5. The van der Waals surface area contributed by atoms with Crippen LogP contribution < -0.4 is 11.1 Å². The minimum Gasteiger partial charge on any atom is -0.464 e. The van der Waals surface area contributed by atoms with Crippen LogP contribution >= 0.6 is 0 Å². The summed E-state index contributed by atoms with van der Waals surface area (Å²) in [7, 11) is 1.28. The number of fused-ring (bicyclic) bond motifs is 1. The number of aryl methyl sites for hydroxylation is 1. The van der Waals surface area contributed by atoms with Crippen LogP contribution in [0.1, 0.15) is 32.2 Å². The third-order valence-electron chi connectivity index (χ3n) is 4.89. The van der Waals surface area contributed by atoms with Gasteiger partial charge in [-0.25, -0.2) is 24.1 Å². The maximum absolute atomic E-state index is 12.8. The number of hydrogen-bond donors (Lipinski definition) is 2. The number of carbonyl (C=O) groups is 2. The van der Waals surface area contributed by atoms with Crippen molar-refractivity contribution in [3.63, 3.8) is 0 Å². The van der Waals surface area contributed by atoms with Crippen LogP contribution in [0.4, 0.5) is 16.0 Å². The van der Waals surface area contributed by atoms with Crippen molar-refractivity contribution in [1.82, 2.24) is 19.4 Å². The summed E-state index contributed by atoms with van der Waals surface area (Å²) < 4.78 is 19.2. The number of imidazole rings is 1. The number of ether oxygens (including phenoxy) is 1. The van der Waals surface area contributed by atoms with Gasteiger partial charge in [0.25, 0.3) is 5.91 Å². The summed E-state index contributed by atoms with van der Waals surface area (Å²) in [6, 6.07) is 9.68. The molecule has 9 nitrogen and oxygen atoms in total. The molecule has 0 spiro atoms. The molecule has 1 aromatic carbocycles. The Morgan fingerprint density at radius 3 is 2.62 bits per heavy atom. The van der Waals surface area contributed by atoms with Crippen LogP contribution in [0.15, 0.2) is 48.8 Å². The predicted molar refractivity (Wildman–Crippen MR) is 116 cm³/mol. The first-order chi connectivity index (χ1) is 15.4. The lowest BCUT2D eigenvalue weighted by Gasteiger charge is -2.08. The van der Waals surface area contributed by atoms with E-state index in [0.29, 0.717) is 33.7 Å². The molecule has 0 bridgehead atoms. The van der Waals surface area contributed by atoms with Gasteiger partial charge in [0.15, 0.2) is 5.69 Å². The Bertz CT molecular complexity index is 1330. The van der Waals surface area contributed by atoms with Gasteiger partial charge in [-0.2, -0.15) is 0 Å². The van der Waals surface area contributed by atoms with E-state index in [0.717, 1.165) is 0 Å². The van der Waals surface area contributed by atoms with Gasteiger partial charge < -0.3 is 15.8 Å². The summed E-state index contributed by atoms with van der Waals surface area (Å²) in [6.07, 6.45) is 2.77. The van der Waals surface area contributed by atoms with Crippen LogP contribution in [0, 0.1) is 6.92 Å². The maximum Gasteiger partial charge on any atom is 0.356 e. The van der Waals surface area contributed by atoms with Gasteiger partial charge in [-0.1, -0.05) is 12.1 Å². The number of anilines is 2. The summed E-state index contributed by atoms with van der Waals surface area (Å²) in [5, 5.41) is 2.64. The fraction of sp³-hybridized carbons (Fsp3) is 0.136. The smallest absolute Gasteiger partial charge is 0.356 e. The van der Waals surface area contributed by atoms with Crippen molar-refractivity contribution >= 4 is 29.0 Å². The molecule has 3 heterocycles. The second-order valence-corrected chi connectivity index (χ2v) is 6.93. The number of benzene rings is 1. The monoisotopic (exact) mass is 434 g/mol. The van der Waals surface area contributed by atoms with Crippen LogP contribution in [0.3, 0.4) is 0 Å². The number of carbonyl (C=O) groups excluding carboxylic acids is 2. The first-order valence-corrected chi connectivity index (χ1v) is 9.57. The van der Waals surface area contributed by atoms with Gasteiger partial charge in [0.05, 0.1) is 13.3 Å². The number of methoxy groups -OCH3 is 1. The molecular weight excluding hydrogens is 415 g/mol. The molecule has 10 heteroatoms. The molecule has 0 radical (unpaired) electrons. The van der Waals surface area contributed by atoms with Gasteiger partial charge in [0.2, 0.25) is 0 Å². The van der Waals surface area contributed by atoms with Crippen LogP contribution in [-0.2, 0) is 11.4 Å². The Morgan fingerprint density at radius 2 is 1.94 bits per heavy atom. The second-order valence-electron chi connectivity index (χ2n) is 6.93. The first-order valence-electron chi connectivity index (χ1n) is 9.57. The largest absolute Gasteiger partial charge is 0.464 e. The van der Waals surface area contributed by atoms with Crippen molar-refractivity contribution in [1.29, 1.82) is 0 Å². The SMILES string of the molecule is COC(=O)c1cnc(N)c2c(-c3ccc(C(=O)Nc4cc(CF)ccn4)cc3)nc(C)n12. The average molecular weight is 434 g/mol. The minimum atomic E-state index is -0.645. The Labute approximate surface area is 182 Å². The highest BCUT2D eigenvalue weighted by Gasteiger charge is 2.21. The molecular formula is C22H19FN6O3. The molecule has 0 unspecified atom stereocenters. The quantitative estimate of drug-likeness (QED) is 0.462. The summed E-state index contributed by atoms with van der Waals surface area (Å²) >= 11 is 0. The van der Waals surface area contributed by atoms with Gasteiger partial charge in [0, 0.05) is 17.3 Å². The zero-order chi connectivity index (χ0) is 22.8. The van der Waals surface area contributed by atoms with E-state index in [2.05, 4.69) is 20.3 Å². The number of alkyl halides is 1. The lowest BCUT2D eigenvalue weighted by molar-refractivity contribution is 0.0591. The molecule has 4 rings (SSSR count). The zero-order valence-corrected chi connectivity index (χ0v) is 17.3. The normalized spacial score (nSPS) is 10.8. The topological polar surface area (TPSA) is 124 Å². The standard InChI is InChI=1S/C22H19FN6O3/c1-12-27-18(19-20(24)26-11-16(29(12)19)22(31)32-2)14-3-5-15(6-4-14)21(30)28-17-9-13(10-23)7-8-25-17/h3-9,11H,10H2,1-2H3,(H2,24,26)(H,25,28,30). The van der Waals surface area contributed by atoms with E-state index in [9.17, 15) is 14.0 Å². The van der Waals surface area contributed by atoms with E-state index in [1.807, 2.05) is 0 Å². The molecule has 3 N–H and O–H groups in total. The highest BCUT2D eigenvalue weighted by Crippen LogP contribution is 2.29. The molecule has 4 aromatic rings. The molecule has 1 amide bonds. The lowest BCUT2D eigenvalue weighted by atomic mass is 10.1. The highest BCUT2D eigenvalue weighted by atomic mass is 19.1. The molecule has 0 aliphatic rings. The van der Waals surface area contributed by atoms with Gasteiger partial charge in [-0.05, 0) is 36.8 Å². The first kappa shape index (κ1) is 20.9. The summed E-state index contributed by atoms with van der Waals surface area (Å²) in [5.41, 5.74) is 8.75. The fourth-order valence-corrected chi connectivity index (χ4v) is 3.36. The van der Waals surface area contributed by atoms with Crippen LogP contribution in [0.25, 0.3) is 16.8 Å². The van der Waals surface area contributed by atoms with E-state index in [4.69, 9.17) is 10.5 Å². The second kappa shape index (κ2) is 8.42. The van der Waals surface area contributed by atoms with Crippen LogP contribution in [0.5, 0.6) is 0 Å². The van der Waals surface area contributed by atoms with E-state index >= 15 is 0 Å². The average Bonchev–Trinajstić information content (AvgIpc) is 3.17. The number of pyridine rings is 1. The summed E-state index contributed by atoms with van der Waals surface area (Å²) in [6.45, 7) is 1.09. The van der Waals surface area contributed by atoms with Gasteiger partial charge in [-0.3, -0.25) is 9.20 Å². The number of nitrogens with zero attached hydrogens (tertiary/aromatic N) is 4. The van der Waals surface area contributed by atoms with Crippen LogP contribution in [0.2, 0.25) is 0 Å². The molecule has 3 aromatic heterocycles. The Kier molecular flexibility index (Phi) is 5.50. The number of nitrogen functional groups attached to an aromatic ring is 1. The summed E-state index contributed by atoms with van der Waals surface area (Å²) in [4.78, 5) is 37.3. The summed E-state index contributed by atoms with van der Waals surface area (Å²) in [5.74, 6) is 0.0465. The number of hydrogen-bond acceptors (Lipinski definition) is 7. The van der Waals surface area contributed by atoms with E-state index in [1.165, 1.54) is 31.6 Å². The van der Waals surface area contributed by atoms with Crippen molar-refractivity contribution < 1.29 is 18.7 Å². The number of amides is 1. The Balaban J connectivity index is 1.67. The van der Waals surface area contributed by atoms with Crippen molar-refractivity contribution in [3.05, 3.63) is 71.4 Å². The molecule has 32 heavy (non-hydrogen) atoms. The minimum absolute atomic E-state index is 0.201. The number of aromatic nitrogens is 4. The molecule has 0 saturated heterocycles. The van der Waals surface area contributed by atoms with Crippen molar-refractivity contribution in [2.75, 3.05) is 18.2 Å². The van der Waals surface area contributed by atoms with Gasteiger partial charge in [0.1, 0.15) is 35.3 Å². The van der Waals surface area contributed by atoms with Crippen molar-refractivity contribution in [2.45, 2.75) is 13.6 Å². The van der Waals surface area contributed by atoms with E-state index in [-0.39, 0.29) is 23.2 Å². The number of halogens is 1. The number of nitrogens with one attached hydrogen (secondary N) is 1. The van der Waals surface area contributed by atoms with Crippen molar-refractivity contribution in [3.8, 4) is 11.3 Å². The molecule has 0 atom stereocenters. The molecule has 0 fully saturated rings. The zero-order valence-electron chi connectivity index (χ0n) is 17.3. The molecule has 0 aliphatic carbocycles. The van der Waals surface area contributed by atoms with Gasteiger partial charge >= 0.3 is 5.97 Å². The predicted octanol–water partition coefficient (Wildman–Crippen LogP) is 3.19. The Hall–Kier alpha value is -4.34. The van der Waals surface area contributed by atoms with Gasteiger partial charge in [-0.15, -0.1) is 0 Å². The highest BCUT2D eigenvalue weighted by molar-refractivity contribution is 6.04. The van der Waals surface area contributed by atoms with E-state index < -0.39 is 12.6 Å². The third-order valence-corrected chi connectivity index (χ3v) is 4.89. The molecule has 162 valence electrons.